The smallest absolute Gasteiger partial charge is 0.327 e. The molecule has 298 valence electrons. The van der Waals surface area contributed by atoms with Gasteiger partial charge in [-0.05, 0) is 84.5 Å². The molecule has 0 fully saturated rings. The van der Waals surface area contributed by atoms with Gasteiger partial charge in [0.25, 0.3) is 5.91 Å². The summed E-state index contributed by atoms with van der Waals surface area (Å²) in [7, 11) is 1.26. The summed E-state index contributed by atoms with van der Waals surface area (Å²) >= 11 is 2.32. The van der Waals surface area contributed by atoms with Crippen LogP contribution in [0, 0.1) is 5.41 Å². The number of amides is 2. The van der Waals surface area contributed by atoms with Crippen LogP contribution in [0.1, 0.15) is 58.9 Å². The lowest BCUT2D eigenvalue weighted by Crippen LogP contribution is -2.34. The summed E-state index contributed by atoms with van der Waals surface area (Å²) in [6.45, 7) is 10.1. The fourth-order valence-electron chi connectivity index (χ4n) is 6.06. The Labute approximate surface area is 337 Å². The lowest BCUT2D eigenvalue weighted by Gasteiger charge is -2.27. The van der Waals surface area contributed by atoms with Crippen molar-refractivity contribution in [2.75, 3.05) is 43.1 Å². The molecule has 0 spiro atoms. The number of hydroxylamine groups is 2. The number of nitrogens with zero attached hydrogens (tertiary/aromatic N) is 3. The first kappa shape index (κ1) is 45.7. The molecule has 0 saturated heterocycles. The average Bonchev–Trinajstić information content (AvgIpc) is 3.55. The quantitative estimate of drug-likeness (QED) is 0.0180. The molecule has 0 unspecified atom stereocenters. The second-order valence-electron chi connectivity index (χ2n) is 13.8. The van der Waals surface area contributed by atoms with Crippen molar-refractivity contribution >= 4 is 79.0 Å². The van der Waals surface area contributed by atoms with Crippen molar-refractivity contribution in [1.82, 2.24) is 15.6 Å². The summed E-state index contributed by atoms with van der Waals surface area (Å²) in [5.74, 6) is -0.463. The van der Waals surface area contributed by atoms with Crippen molar-refractivity contribution in [2.45, 2.75) is 70.0 Å². The number of aliphatic imine (C=N–C) groups is 1. The van der Waals surface area contributed by atoms with E-state index in [0.717, 1.165) is 87.3 Å². The first-order chi connectivity index (χ1) is 26.3. The number of fused-ring (bicyclic) bond motifs is 1. The summed E-state index contributed by atoms with van der Waals surface area (Å²) in [5, 5.41) is 6.66. The predicted octanol–water partition coefficient (Wildman–Crippen LogP) is 6.20. The van der Waals surface area contributed by atoms with Crippen LogP contribution in [0.3, 0.4) is 0 Å². The first-order valence-electron chi connectivity index (χ1n) is 18.0. The van der Waals surface area contributed by atoms with E-state index in [2.05, 4.69) is 35.4 Å². The van der Waals surface area contributed by atoms with Gasteiger partial charge in [0.05, 0.1) is 12.1 Å². The standard InChI is InChI=1S/C38H52BN5O8S3/c1-37(2)28(22-27(25-40-17-10-20-53-49)36(48)42-39-24-35(47)52-43(5)34(46)14-9-19-45)26-41-32(37)12-7-6-8-13-33-38(3,4)30-23-29(55-51)15-16-31(30)44(33)18-11-21-54-50/h6-8,12-13,15-16,19,22-23,25,39-40,49-51H,9-11,14,17-18,20-21,24,26H2,1-5H3,(H,42,48)/b8-6+,12-7+,27-25+,28-22+,33-13+. The van der Waals surface area contributed by atoms with E-state index < -0.39 is 23.2 Å². The maximum atomic E-state index is 13.3. The summed E-state index contributed by atoms with van der Waals surface area (Å²) in [6, 6.07) is 5.98. The fourth-order valence-corrected chi connectivity index (χ4v) is 6.90. The zero-order valence-electron chi connectivity index (χ0n) is 32.1. The Hall–Kier alpha value is -3.74. The Morgan fingerprint density at radius 1 is 1.05 bits per heavy atom. The topological polar surface area (TPSA) is 181 Å². The monoisotopic (exact) mass is 813 g/mol. The first-order valence-corrected chi connectivity index (χ1v) is 20.7. The average molecular weight is 814 g/mol. The van der Waals surface area contributed by atoms with Crippen LogP contribution in [0.2, 0.25) is 6.32 Å². The number of anilines is 1. The molecule has 0 saturated carbocycles. The maximum Gasteiger partial charge on any atom is 0.327 e. The van der Waals surface area contributed by atoms with Crippen molar-refractivity contribution in [3.63, 3.8) is 0 Å². The lowest BCUT2D eigenvalue weighted by molar-refractivity contribution is -0.190. The number of aldehydes is 1. The molecule has 0 radical (unpaired) electrons. The molecule has 55 heavy (non-hydrogen) atoms. The molecule has 0 bridgehead atoms. The van der Waals surface area contributed by atoms with Gasteiger partial charge in [0.1, 0.15) is 6.29 Å². The normalized spacial score (nSPS) is 17.5. The van der Waals surface area contributed by atoms with E-state index in [0.29, 0.717) is 42.9 Å². The van der Waals surface area contributed by atoms with E-state index in [-0.39, 0.29) is 32.0 Å². The van der Waals surface area contributed by atoms with Crippen molar-refractivity contribution in [3.8, 4) is 0 Å². The molecule has 2 heterocycles. The summed E-state index contributed by atoms with van der Waals surface area (Å²) in [5.41, 5.74) is 4.66. The molecule has 1 aromatic rings. The molecule has 2 amide bonds. The molecule has 0 aliphatic carbocycles. The summed E-state index contributed by atoms with van der Waals surface area (Å²) < 4.78 is 28.0. The highest BCUT2D eigenvalue weighted by Gasteiger charge is 2.40. The van der Waals surface area contributed by atoms with E-state index in [1.165, 1.54) is 7.05 Å². The lowest BCUT2D eigenvalue weighted by atomic mass is 9.80. The molecule has 17 heteroatoms. The van der Waals surface area contributed by atoms with Crippen LogP contribution >= 0.6 is 36.1 Å². The number of benzene rings is 1. The maximum absolute atomic E-state index is 13.3. The van der Waals surface area contributed by atoms with Gasteiger partial charge in [-0.1, -0.05) is 45.9 Å². The van der Waals surface area contributed by atoms with Crippen molar-refractivity contribution in [1.29, 1.82) is 0 Å². The molecule has 1 aromatic carbocycles. The Bertz CT molecular complexity index is 1710. The minimum Gasteiger partial charge on any atom is -0.398 e. The van der Waals surface area contributed by atoms with Gasteiger partial charge < -0.3 is 38.7 Å². The predicted molar refractivity (Wildman–Crippen MR) is 226 cm³/mol. The van der Waals surface area contributed by atoms with Crippen LogP contribution in [0.15, 0.2) is 87.6 Å². The Morgan fingerprint density at radius 3 is 2.51 bits per heavy atom. The molecule has 0 aromatic heterocycles. The summed E-state index contributed by atoms with van der Waals surface area (Å²) in [4.78, 5) is 60.9. The van der Waals surface area contributed by atoms with Crippen LogP contribution < -0.4 is 15.4 Å². The molecule has 13 nitrogen and oxygen atoms in total. The number of hydrogen-bond donors (Lipinski definition) is 5. The van der Waals surface area contributed by atoms with E-state index in [1.807, 2.05) is 56.4 Å². The number of nitrogens with one attached hydrogen (secondary N) is 2. The van der Waals surface area contributed by atoms with Crippen LogP contribution in [0.25, 0.3) is 0 Å². The second-order valence-corrected chi connectivity index (χ2v) is 15.8. The molecule has 3 rings (SSSR count). The minimum absolute atomic E-state index is 0.0258. The number of carbonyl (C=O) groups excluding carboxylic acids is 4. The van der Waals surface area contributed by atoms with E-state index >= 15 is 0 Å². The van der Waals surface area contributed by atoms with Gasteiger partial charge in [-0.25, -0.2) is 0 Å². The number of rotatable bonds is 21. The molecule has 5 N–H and O–H groups in total. The largest absolute Gasteiger partial charge is 0.398 e. The van der Waals surface area contributed by atoms with Gasteiger partial charge in [0.2, 0.25) is 13.3 Å². The van der Waals surface area contributed by atoms with Crippen LogP contribution in [-0.4, -0.2) is 94.1 Å². The van der Waals surface area contributed by atoms with Gasteiger partial charge in [0, 0.05) is 102 Å². The van der Waals surface area contributed by atoms with Crippen molar-refractivity contribution in [3.05, 3.63) is 83.3 Å². The van der Waals surface area contributed by atoms with E-state index in [1.54, 1.807) is 12.3 Å². The van der Waals surface area contributed by atoms with Gasteiger partial charge >= 0.3 is 5.97 Å². The highest BCUT2D eigenvalue weighted by Crippen LogP contribution is 2.48. The summed E-state index contributed by atoms with van der Waals surface area (Å²) in [6.07, 6.45) is 15.3. The molecule has 0 atom stereocenters. The third-order valence-electron chi connectivity index (χ3n) is 9.27. The van der Waals surface area contributed by atoms with E-state index in [9.17, 15) is 28.3 Å². The molecular weight excluding hydrogens is 761 g/mol. The third-order valence-corrected chi connectivity index (χ3v) is 10.7. The zero-order valence-corrected chi connectivity index (χ0v) is 34.5. The Balaban J connectivity index is 1.71. The van der Waals surface area contributed by atoms with E-state index in [4.69, 9.17) is 14.4 Å². The van der Waals surface area contributed by atoms with Crippen molar-refractivity contribution < 1.29 is 37.7 Å². The van der Waals surface area contributed by atoms with Gasteiger partial charge in [-0.15, -0.1) is 0 Å². The highest BCUT2D eigenvalue weighted by molar-refractivity contribution is 7.94. The number of hydrogen-bond acceptors (Lipinski definition) is 14. The molecule has 2 aliphatic heterocycles. The van der Waals surface area contributed by atoms with Gasteiger partial charge in [-0.2, -0.15) is 5.06 Å². The number of carbonyl (C=O) groups is 4. The SMILES string of the molecule is CN(OC(=O)CBNC(=O)C(/C=C1\CN=C(/C=C/C=C/C=C2/N(CCCSO)c3ccc(SO)cc3C2(C)C)C1(C)C)=C/NCCCSO)C(=O)CCC=O. The second kappa shape index (κ2) is 22.7. The number of allylic oxidation sites excluding steroid dienone is 6. The van der Waals surface area contributed by atoms with Crippen molar-refractivity contribution in [2.24, 2.45) is 10.4 Å². The van der Waals surface area contributed by atoms with Gasteiger partial charge in [-0.3, -0.25) is 19.4 Å². The fraction of sp³-hybridized carbons (Fsp3) is 0.447. The van der Waals surface area contributed by atoms with Crippen LogP contribution in [0.5, 0.6) is 0 Å². The Morgan fingerprint density at radius 2 is 1.80 bits per heavy atom. The van der Waals surface area contributed by atoms with Gasteiger partial charge in [0.15, 0.2) is 0 Å². The highest BCUT2D eigenvalue weighted by atomic mass is 32.2. The van der Waals surface area contributed by atoms with Crippen LogP contribution in [-0.2, 0) is 29.4 Å². The minimum atomic E-state index is -0.708. The van der Waals surface area contributed by atoms with Crippen LogP contribution in [0.4, 0.5) is 5.69 Å². The molecular formula is C38H52BN5O8S3. The third kappa shape index (κ3) is 13.2. The zero-order chi connectivity index (χ0) is 40.4. The Kier molecular flexibility index (Phi) is 18.9. The molecule has 2 aliphatic rings.